The summed E-state index contributed by atoms with van der Waals surface area (Å²) in [5.41, 5.74) is -0.216. The van der Waals surface area contributed by atoms with Gasteiger partial charge < -0.3 is 10.1 Å². The van der Waals surface area contributed by atoms with E-state index in [2.05, 4.69) is 26.3 Å². The predicted octanol–water partition coefficient (Wildman–Crippen LogP) is 3.70. The van der Waals surface area contributed by atoms with E-state index in [0.29, 0.717) is 10.3 Å². The van der Waals surface area contributed by atoms with Crippen molar-refractivity contribution in [3.05, 3.63) is 46.3 Å². The van der Waals surface area contributed by atoms with Gasteiger partial charge in [-0.05, 0) is 31.0 Å². The normalized spacial score (nSPS) is 14.5. The van der Waals surface area contributed by atoms with Crippen molar-refractivity contribution in [3.8, 4) is 0 Å². The van der Waals surface area contributed by atoms with E-state index in [1.165, 1.54) is 12.1 Å². The van der Waals surface area contributed by atoms with Gasteiger partial charge in [0.1, 0.15) is 11.6 Å². The first-order valence-corrected chi connectivity index (χ1v) is 8.79. The highest BCUT2D eigenvalue weighted by atomic mass is 79.9. The Morgan fingerprint density at radius 2 is 2.08 bits per heavy atom. The third-order valence-corrected chi connectivity index (χ3v) is 4.59. The predicted molar refractivity (Wildman–Crippen MR) is 92.7 cm³/mol. The number of hydrogen-bond donors (Lipinski definition) is 1. The largest absolute Gasteiger partial charge is 0.452 e. The summed E-state index contributed by atoms with van der Waals surface area (Å²) in [5.74, 6) is -1.52. The molecule has 1 amide bonds. The first-order valence-electron chi connectivity index (χ1n) is 8.00. The lowest BCUT2D eigenvalue weighted by atomic mass is 10.2. The average Bonchev–Trinajstić information content (AvgIpc) is 3.23. The molecule has 0 spiro atoms. The fourth-order valence-electron chi connectivity index (χ4n) is 2.90. The quantitative estimate of drug-likeness (QED) is 0.764. The van der Waals surface area contributed by atoms with Crippen LogP contribution in [0, 0.1) is 5.82 Å². The van der Waals surface area contributed by atoms with Crippen molar-refractivity contribution < 1.29 is 18.7 Å². The Balaban J connectivity index is 1.56. The van der Waals surface area contributed by atoms with E-state index in [9.17, 15) is 14.0 Å². The number of halogens is 2. The zero-order valence-electron chi connectivity index (χ0n) is 13.4. The van der Waals surface area contributed by atoms with E-state index in [4.69, 9.17) is 4.74 Å². The monoisotopic (exact) mass is 409 g/mol. The van der Waals surface area contributed by atoms with E-state index < -0.39 is 24.3 Å². The Morgan fingerprint density at radius 1 is 1.32 bits per heavy atom. The summed E-state index contributed by atoms with van der Waals surface area (Å²) in [4.78, 5) is 23.9. The van der Waals surface area contributed by atoms with Gasteiger partial charge in [-0.25, -0.2) is 13.9 Å². The third-order valence-electron chi connectivity index (χ3n) is 4.09. The minimum Gasteiger partial charge on any atom is -0.452 e. The summed E-state index contributed by atoms with van der Waals surface area (Å²) in [5, 5.41) is 6.94. The lowest BCUT2D eigenvalue weighted by molar-refractivity contribution is -0.119. The highest BCUT2D eigenvalue weighted by molar-refractivity contribution is 9.10. The van der Waals surface area contributed by atoms with Crippen LogP contribution in [0.5, 0.6) is 0 Å². The van der Waals surface area contributed by atoms with Gasteiger partial charge in [-0.3, -0.25) is 4.79 Å². The number of nitrogens with one attached hydrogen (secondary N) is 1. The summed E-state index contributed by atoms with van der Waals surface area (Å²) in [7, 11) is 0. The maximum Gasteiger partial charge on any atom is 0.341 e. The Bertz CT molecular complexity index is 787. The topological polar surface area (TPSA) is 73.2 Å². The number of rotatable bonds is 5. The van der Waals surface area contributed by atoms with Crippen LogP contribution in [0.1, 0.15) is 42.1 Å². The molecule has 0 bridgehead atoms. The number of carbonyl (C=O) groups is 2. The highest BCUT2D eigenvalue weighted by Gasteiger charge is 2.21. The molecule has 1 aromatic heterocycles. The van der Waals surface area contributed by atoms with Crippen molar-refractivity contribution in [1.82, 2.24) is 9.78 Å². The summed E-state index contributed by atoms with van der Waals surface area (Å²) >= 11 is 3.11. The van der Waals surface area contributed by atoms with Gasteiger partial charge in [0.25, 0.3) is 5.91 Å². The first-order chi connectivity index (χ1) is 12.0. The van der Waals surface area contributed by atoms with Crippen molar-refractivity contribution in [2.75, 3.05) is 11.9 Å². The number of nitrogens with zero attached hydrogens (tertiary/aromatic N) is 2. The molecule has 1 aliphatic rings. The number of carbonyl (C=O) groups excluding carboxylic acids is 2. The van der Waals surface area contributed by atoms with Crippen molar-refractivity contribution in [2.24, 2.45) is 0 Å². The van der Waals surface area contributed by atoms with Gasteiger partial charge in [0.15, 0.2) is 6.61 Å². The van der Waals surface area contributed by atoms with Crippen LogP contribution in [0.25, 0.3) is 0 Å². The van der Waals surface area contributed by atoms with Crippen LogP contribution in [0.2, 0.25) is 0 Å². The van der Waals surface area contributed by atoms with Crippen molar-refractivity contribution in [3.63, 3.8) is 0 Å². The van der Waals surface area contributed by atoms with Gasteiger partial charge in [0.2, 0.25) is 0 Å². The zero-order valence-corrected chi connectivity index (χ0v) is 15.0. The number of esters is 1. The molecule has 3 rings (SSSR count). The van der Waals surface area contributed by atoms with Gasteiger partial charge in [-0.1, -0.05) is 28.8 Å². The lowest BCUT2D eigenvalue weighted by Crippen LogP contribution is -2.23. The molecular formula is C17H17BrFN3O3. The van der Waals surface area contributed by atoms with E-state index in [-0.39, 0.29) is 11.6 Å². The standard InChI is InChI=1S/C17H17BrFN3O3/c18-11-5-6-13(14(19)9-11)17(24)25-10-16(23)21-15-7-8-20-22(15)12-3-1-2-4-12/h5-9,12H,1-4,10H2,(H,21,23). The van der Waals surface area contributed by atoms with Gasteiger partial charge >= 0.3 is 5.97 Å². The van der Waals surface area contributed by atoms with Crippen molar-refractivity contribution in [2.45, 2.75) is 31.7 Å². The molecule has 0 saturated heterocycles. The molecule has 1 N–H and O–H groups in total. The first kappa shape index (κ1) is 17.6. The summed E-state index contributed by atoms with van der Waals surface area (Å²) in [6, 6.07) is 5.97. The summed E-state index contributed by atoms with van der Waals surface area (Å²) in [6.45, 7) is -0.496. The SMILES string of the molecule is O=C(COC(=O)c1ccc(Br)cc1F)Nc1ccnn1C1CCCC1. The Labute approximate surface area is 152 Å². The van der Waals surface area contributed by atoms with E-state index >= 15 is 0 Å². The summed E-state index contributed by atoms with van der Waals surface area (Å²) < 4.78 is 20.9. The van der Waals surface area contributed by atoms with Gasteiger partial charge in [-0.2, -0.15) is 5.10 Å². The molecule has 1 aliphatic carbocycles. The van der Waals surface area contributed by atoms with Crippen LogP contribution in [0.15, 0.2) is 34.9 Å². The lowest BCUT2D eigenvalue weighted by Gasteiger charge is -2.14. The van der Waals surface area contributed by atoms with Gasteiger partial charge in [0.05, 0.1) is 17.8 Å². The van der Waals surface area contributed by atoms with E-state index in [1.807, 2.05) is 0 Å². The third kappa shape index (κ3) is 4.25. The number of amides is 1. The molecule has 8 heteroatoms. The van der Waals surface area contributed by atoms with Gasteiger partial charge in [0, 0.05) is 10.5 Å². The second kappa shape index (κ2) is 7.77. The summed E-state index contributed by atoms with van der Waals surface area (Å²) in [6.07, 6.45) is 5.98. The fraction of sp³-hybridized carbons (Fsp3) is 0.353. The second-order valence-corrected chi connectivity index (χ2v) is 6.76. The Morgan fingerprint density at radius 3 is 2.80 bits per heavy atom. The van der Waals surface area contributed by atoms with Crippen LogP contribution in [-0.4, -0.2) is 28.3 Å². The highest BCUT2D eigenvalue weighted by Crippen LogP contribution is 2.31. The van der Waals surface area contributed by atoms with E-state index in [1.54, 1.807) is 16.9 Å². The average molecular weight is 410 g/mol. The Kier molecular flexibility index (Phi) is 5.47. The molecule has 2 aromatic rings. The number of ether oxygens (including phenoxy) is 1. The smallest absolute Gasteiger partial charge is 0.341 e. The maximum absolute atomic E-state index is 13.7. The molecule has 6 nitrogen and oxygen atoms in total. The molecule has 1 aromatic carbocycles. The number of anilines is 1. The minimum absolute atomic E-state index is 0.216. The molecule has 25 heavy (non-hydrogen) atoms. The molecule has 132 valence electrons. The van der Waals surface area contributed by atoms with Crippen LogP contribution in [0.3, 0.4) is 0 Å². The maximum atomic E-state index is 13.7. The number of hydrogen-bond acceptors (Lipinski definition) is 4. The molecule has 0 aliphatic heterocycles. The second-order valence-electron chi connectivity index (χ2n) is 5.85. The van der Waals surface area contributed by atoms with Gasteiger partial charge in [-0.15, -0.1) is 0 Å². The number of benzene rings is 1. The number of aromatic nitrogens is 2. The van der Waals surface area contributed by atoms with Crippen LogP contribution >= 0.6 is 15.9 Å². The van der Waals surface area contributed by atoms with Crippen LogP contribution in [0.4, 0.5) is 10.2 Å². The Hall–Kier alpha value is -2.22. The fourth-order valence-corrected chi connectivity index (χ4v) is 3.23. The molecule has 1 heterocycles. The molecule has 0 radical (unpaired) electrons. The van der Waals surface area contributed by atoms with Crippen molar-refractivity contribution in [1.29, 1.82) is 0 Å². The zero-order chi connectivity index (χ0) is 17.8. The van der Waals surface area contributed by atoms with Crippen LogP contribution in [-0.2, 0) is 9.53 Å². The van der Waals surface area contributed by atoms with Crippen molar-refractivity contribution >= 4 is 33.6 Å². The minimum atomic E-state index is -0.885. The van der Waals surface area contributed by atoms with Crippen LogP contribution < -0.4 is 5.32 Å². The molecular weight excluding hydrogens is 393 g/mol. The van der Waals surface area contributed by atoms with E-state index in [0.717, 1.165) is 31.7 Å². The molecule has 1 fully saturated rings. The molecule has 0 atom stereocenters. The molecule has 0 unspecified atom stereocenters. The molecule has 1 saturated carbocycles.